The predicted molar refractivity (Wildman–Crippen MR) is 74.5 cm³/mol. The number of rotatable bonds is 5. The van der Waals surface area contributed by atoms with Crippen LogP contribution >= 0.6 is 11.6 Å². The Balaban J connectivity index is 2.13. The summed E-state index contributed by atoms with van der Waals surface area (Å²) < 4.78 is 28.1. The van der Waals surface area contributed by atoms with Gasteiger partial charge >= 0.3 is 12.0 Å². The topological polar surface area (TPSA) is 70.5 Å². The quantitative estimate of drug-likeness (QED) is 0.787. The molecule has 1 radical (unpaired) electrons. The summed E-state index contributed by atoms with van der Waals surface area (Å²) in [7, 11) is 1.25. The van der Waals surface area contributed by atoms with E-state index in [0.29, 0.717) is 0 Å². The van der Waals surface area contributed by atoms with Crippen LogP contribution in [0.15, 0.2) is 24.4 Å². The molecule has 1 atom stereocenters. The maximum Gasteiger partial charge on any atom is 0.346 e. The summed E-state index contributed by atoms with van der Waals surface area (Å²) in [4.78, 5) is 19.1. The van der Waals surface area contributed by atoms with E-state index in [1.807, 2.05) is 0 Å². The van der Waals surface area contributed by atoms with Crippen molar-refractivity contribution in [3.63, 3.8) is 0 Å². The molecule has 0 amide bonds. The van der Waals surface area contributed by atoms with E-state index in [-0.39, 0.29) is 22.7 Å². The number of aromatic nitrogens is 2. The molecule has 0 aliphatic rings. The molecule has 8 heteroatoms. The molecule has 22 heavy (non-hydrogen) atoms. The molecule has 1 heterocycles. The van der Waals surface area contributed by atoms with Crippen LogP contribution in [0.5, 0.6) is 17.6 Å². The van der Waals surface area contributed by atoms with Crippen molar-refractivity contribution in [1.29, 1.82) is 0 Å². The fourth-order valence-electron chi connectivity index (χ4n) is 1.44. The van der Waals surface area contributed by atoms with E-state index in [4.69, 9.17) is 21.1 Å². The Morgan fingerprint density at radius 3 is 2.95 bits per heavy atom. The summed E-state index contributed by atoms with van der Waals surface area (Å²) in [6.07, 6.45) is 0.540. The Labute approximate surface area is 130 Å². The molecule has 0 saturated heterocycles. The minimum absolute atomic E-state index is 0.0501. The molecule has 1 aromatic heterocycles. The molecule has 6 nitrogen and oxygen atoms in total. The molecular weight excluding hydrogens is 315 g/mol. The lowest BCUT2D eigenvalue weighted by atomic mass is 10.3. The van der Waals surface area contributed by atoms with Crippen molar-refractivity contribution in [1.82, 2.24) is 9.97 Å². The summed E-state index contributed by atoms with van der Waals surface area (Å²) in [5, 5.41) is 0.0501. The zero-order valence-corrected chi connectivity index (χ0v) is 12.4. The van der Waals surface area contributed by atoms with Crippen LogP contribution in [0, 0.1) is 11.9 Å². The van der Waals surface area contributed by atoms with Crippen molar-refractivity contribution in [3.8, 4) is 17.6 Å². The number of benzene rings is 1. The van der Waals surface area contributed by atoms with Crippen LogP contribution in [-0.2, 0) is 9.53 Å². The fourth-order valence-corrected chi connectivity index (χ4v) is 1.63. The first-order valence-corrected chi connectivity index (χ1v) is 6.49. The highest BCUT2D eigenvalue weighted by Gasteiger charge is 2.16. The van der Waals surface area contributed by atoms with Gasteiger partial charge in [-0.3, -0.25) is 0 Å². The van der Waals surface area contributed by atoms with Gasteiger partial charge in [-0.25, -0.2) is 14.2 Å². The lowest BCUT2D eigenvalue weighted by Gasteiger charge is -2.12. The summed E-state index contributed by atoms with van der Waals surface area (Å²) in [5.74, 6) is -0.897. The highest BCUT2D eigenvalue weighted by atomic mass is 35.5. The lowest BCUT2D eigenvalue weighted by molar-refractivity contribution is -0.148. The zero-order chi connectivity index (χ0) is 16.1. The van der Waals surface area contributed by atoms with E-state index in [1.165, 1.54) is 32.4 Å². The molecule has 2 rings (SSSR count). The summed E-state index contributed by atoms with van der Waals surface area (Å²) in [6.45, 7) is 1.51. The number of hydrogen-bond acceptors (Lipinski definition) is 6. The minimum Gasteiger partial charge on any atom is -0.466 e. The van der Waals surface area contributed by atoms with E-state index in [9.17, 15) is 9.18 Å². The Bertz CT molecular complexity index is 684. The van der Waals surface area contributed by atoms with E-state index in [2.05, 4.69) is 20.8 Å². The van der Waals surface area contributed by atoms with E-state index < -0.39 is 17.9 Å². The highest BCUT2D eigenvalue weighted by molar-refractivity contribution is 6.32. The van der Waals surface area contributed by atoms with Crippen LogP contribution < -0.4 is 9.47 Å². The third-order valence-electron chi connectivity index (χ3n) is 2.47. The first-order chi connectivity index (χ1) is 10.5. The van der Waals surface area contributed by atoms with Gasteiger partial charge in [-0.1, -0.05) is 11.6 Å². The third kappa shape index (κ3) is 4.05. The Hall–Kier alpha value is -2.41. The van der Waals surface area contributed by atoms with Gasteiger partial charge in [0.15, 0.2) is 11.9 Å². The SMILES string of the molecule is COC(=O)C(C)Oc1ccnc(Oc2c[c]c(F)cc2Cl)n1. The second kappa shape index (κ2) is 7.04. The van der Waals surface area contributed by atoms with Crippen LogP contribution in [0.4, 0.5) is 4.39 Å². The largest absolute Gasteiger partial charge is 0.466 e. The second-order valence-corrected chi connectivity index (χ2v) is 4.46. The number of methoxy groups -OCH3 is 1. The van der Waals surface area contributed by atoms with Gasteiger partial charge in [0, 0.05) is 18.3 Å². The van der Waals surface area contributed by atoms with Crippen molar-refractivity contribution in [3.05, 3.63) is 41.3 Å². The third-order valence-corrected chi connectivity index (χ3v) is 2.77. The molecule has 0 spiro atoms. The second-order valence-electron chi connectivity index (χ2n) is 4.06. The smallest absolute Gasteiger partial charge is 0.346 e. The molecular formula is C14H11ClFN2O4. The maximum absolute atomic E-state index is 12.9. The van der Waals surface area contributed by atoms with Crippen molar-refractivity contribution in [2.75, 3.05) is 7.11 Å². The van der Waals surface area contributed by atoms with Crippen LogP contribution in [-0.4, -0.2) is 29.2 Å². The first-order valence-electron chi connectivity index (χ1n) is 6.11. The molecule has 1 aromatic carbocycles. The molecule has 0 N–H and O–H groups in total. The standard InChI is InChI=1S/C14H11ClFN2O4/c1-8(13(19)20-2)21-12-5-6-17-14(18-12)22-11-4-3-9(16)7-10(11)15/h4-8H,1-2H3. The van der Waals surface area contributed by atoms with Gasteiger partial charge in [0.1, 0.15) is 5.82 Å². The Morgan fingerprint density at radius 2 is 2.27 bits per heavy atom. The van der Waals surface area contributed by atoms with Crippen molar-refractivity contribution >= 4 is 17.6 Å². The Morgan fingerprint density at radius 1 is 1.50 bits per heavy atom. The van der Waals surface area contributed by atoms with Gasteiger partial charge in [0.25, 0.3) is 0 Å². The summed E-state index contributed by atoms with van der Waals surface area (Å²) >= 11 is 5.83. The number of ether oxygens (including phenoxy) is 3. The number of carbonyl (C=O) groups is 1. The van der Waals surface area contributed by atoms with Gasteiger partial charge in [-0.05, 0) is 19.1 Å². The number of halogens is 2. The average Bonchev–Trinajstić information content (AvgIpc) is 2.49. The molecule has 115 valence electrons. The van der Waals surface area contributed by atoms with E-state index in [0.717, 1.165) is 6.07 Å². The zero-order valence-electron chi connectivity index (χ0n) is 11.7. The average molecular weight is 326 g/mol. The van der Waals surface area contributed by atoms with Gasteiger partial charge < -0.3 is 14.2 Å². The van der Waals surface area contributed by atoms with Crippen molar-refractivity contribution in [2.45, 2.75) is 13.0 Å². The summed E-state index contributed by atoms with van der Waals surface area (Å²) in [6, 6.07) is 5.96. The normalized spacial score (nSPS) is 11.6. The van der Waals surface area contributed by atoms with Gasteiger partial charge in [0.2, 0.25) is 5.88 Å². The van der Waals surface area contributed by atoms with Gasteiger partial charge in [0.05, 0.1) is 12.1 Å². The van der Waals surface area contributed by atoms with E-state index >= 15 is 0 Å². The maximum atomic E-state index is 12.9. The number of nitrogens with zero attached hydrogens (tertiary/aromatic N) is 2. The number of esters is 1. The Kier molecular flexibility index (Phi) is 5.11. The monoisotopic (exact) mass is 325 g/mol. The highest BCUT2D eigenvalue weighted by Crippen LogP contribution is 2.28. The molecule has 2 aromatic rings. The van der Waals surface area contributed by atoms with Gasteiger partial charge in [-0.15, -0.1) is 0 Å². The van der Waals surface area contributed by atoms with Gasteiger partial charge in [-0.2, -0.15) is 4.98 Å². The summed E-state index contributed by atoms with van der Waals surface area (Å²) in [5.41, 5.74) is 0. The molecule has 0 aliphatic carbocycles. The lowest BCUT2D eigenvalue weighted by Crippen LogP contribution is -2.25. The fraction of sp³-hybridized carbons (Fsp3) is 0.214. The predicted octanol–water partition coefficient (Wildman–Crippen LogP) is 2.80. The van der Waals surface area contributed by atoms with E-state index in [1.54, 1.807) is 0 Å². The van der Waals surface area contributed by atoms with Crippen molar-refractivity contribution < 1.29 is 23.4 Å². The molecule has 1 unspecified atom stereocenters. The molecule has 0 fully saturated rings. The first kappa shape index (κ1) is 16.0. The van der Waals surface area contributed by atoms with Crippen LogP contribution in [0.2, 0.25) is 5.02 Å². The molecule has 0 bridgehead atoms. The van der Waals surface area contributed by atoms with Crippen LogP contribution in [0.1, 0.15) is 6.92 Å². The number of carbonyl (C=O) groups excluding carboxylic acids is 1. The van der Waals surface area contributed by atoms with Crippen molar-refractivity contribution in [2.24, 2.45) is 0 Å². The van der Waals surface area contributed by atoms with Crippen LogP contribution in [0.25, 0.3) is 0 Å². The molecule has 0 aliphatic heterocycles. The number of hydrogen-bond donors (Lipinski definition) is 0. The molecule has 0 saturated carbocycles. The van der Waals surface area contributed by atoms with Crippen LogP contribution in [0.3, 0.4) is 0 Å². The minimum atomic E-state index is -0.838.